The van der Waals surface area contributed by atoms with Crippen LogP contribution < -0.4 is 15.3 Å². The maximum atomic E-state index is 13.6. The SMILES string of the molecule is COc1ccc2sc(N(Cc3ccccn3)C(=O)c3cc4ccccc4oc3=O)nc2c1. The van der Waals surface area contributed by atoms with Crippen LogP contribution in [0.2, 0.25) is 0 Å². The van der Waals surface area contributed by atoms with Gasteiger partial charge in [-0.25, -0.2) is 9.78 Å². The molecule has 1 amide bonds. The van der Waals surface area contributed by atoms with E-state index in [1.807, 2.05) is 36.4 Å². The van der Waals surface area contributed by atoms with Gasteiger partial charge in [-0.05, 0) is 36.4 Å². The standard InChI is InChI=1S/C24H17N3O4S/c1-30-17-9-10-21-19(13-17)26-24(32-21)27(14-16-7-4-5-11-25-16)22(28)18-12-15-6-2-3-8-20(15)31-23(18)29/h2-13H,14H2,1H3. The van der Waals surface area contributed by atoms with Gasteiger partial charge in [0.1, 0.15) is 16.9 Å². The Kier molecular flexibility index (Phi) is 5.12. The van der Waals surface area contributed by atoms with Gasteiger partial charge in [0.2, 0.25) is 0 Å². The Bertz CT molecular complexity index is 1490. The number of carbonyl (C=O) groups is 1. The largest absolute Gasteiger partial charge is 0.497 e. The predicted octanol–water partition coefficient (Wildman–Crippen LogP) is 4.65. The number of rotatable bonds is 5. The van der Waals surface area contributed by atoms with E-state index < -0.39 is 11.5 Å². The molecule has 0 aliphatic carbocycles. The molecule has 0 saturated heterocycles. The summed E-state index contributed by atoms with van der Waals surface area (Å²) < 4.78 is 11.6. The summed E-state index contributed by atoms with van der Waals surface area (Å²) >= 11 is 1.35. The molecular formula is C24H17N3O4S. The lowest BCUT2D eigenvalue weighted by atomic mass is 10.1. The molecular weight excluding hydrogens is 426 g/mol. The van der Waals surface area contributed by atoms with Gasteiger partial charge in [0.25, 0.3) is 5.91 Å². The Morgan fingerprint density at radius 2 is 1.94 bits per heavy atom. The third-order valence-electron chi connectivity index (χ3n) is 4.98. The number of benzene rings is 2. The maximum Gasteiger partial charge on any atom is 0.349 e. The lowest BCUT2D eigenvalue weighted by molar-refractivity contribution is 0.0981. The fourth-order valence-corrected chi connectivity index (χ4v) is 4.32. The minimum Gasteiger partial charge on any atom is -0.497 e. The molecule has 0 aliphatic heterocycles. The van der Waals surface area contributed by atoms with Crippen molar-refractivity contribution in [3.63, 3.8) is 0 Å². The highest BCUT2D eigenvalue weighted by atomic mass is 32.1. The van der Waals surface area contributed by atoms with Crippen molar-refractivity contribution in [3.05, 3.63) is 94.6 Å². The number of methoxy groups -OCH3 is 1. The number of carbonyl (C=O) groups excluding carboxylic acids is 1. The molecule has 0 fully saturated rings. The molecule has 0 N–H and O–H groups in total. The van der Waals surface area contributed by atoms with Gasteiger partial charge in [-0.3, -0.25) is 14.7 Å². The Hall–Kier alpha value is -4.04. The first-order chi connectivity index (χ1) is 15.6. The van der Waals surface area contributed by atoms with Gasteiger partial charge in [0, 0.05) is 17.6 Å². The molecule has 0 aliphatic rings. The van der Waals surface area contributed by atoms with E-state index in [0.717, 1.165) is 4.70 Å². The Balaban J connectivity index is 1.62. The molecule has 0 bridgehead atoms. The molecule has 0 saturated carbocycles. The zero-order chi connectivity index (χ0) is 22.1. The molecule has 3 heterocycles. The van der Waals surface area contributed by atoms with E-state index in [1.54, 1.807) is 43.6 Å². The lowest BCUT2D eigenvalue weighted by Gasteiger charge is -2.19. The van der Waals surface area contributed by atoms with Gasteiger partial charge in [-0.15, -0.1) is 0 Å². The van der Waals surface area contributed by atoms with E-state index in [4.69, 9.17) is 9.15 Å². The first-order valence-corrected chi connectivity index (χ1v) is 10.6. The number of ether oxygens (including phenoxy) is 1. The molecule has 5 rings (SSSR count). The summed E-state index contributed by atoms with van der Waals surface area (Å²) in [5, 5.41) is 1.12. The fourth-order valence-electron chi connectivity index (χ4n) is 3.37. The van der Waals surface area contributed by atoms with Crippen molar-refractivity contribution in [1.29, 1.82) is 0 Å². The van der Waals surface area contributed by atoms with Crippen LogP contribution in [0.4, 0.5) is 5.13 Å². The van der Waals surface area contributed by atoms with E-state index in [1.165, 1.54) is 16.2 Å². The molecule has 7 nitrogen and oxygen atoms in total. The van der Waals surface area contributed by atoms with Crippen molar-refractivity contribution in [2.45, 2.75) is 6.54 Å². The van der Waals surface area contributed by atoms with Gasteiger partial charge in [-0.2, -0.15) is 0 Å². The first kappa shape index (κ1) is 19.9. The summed E-state index contributed by atoms with van der Waals surface area (Å²) in [7, 11) is 1.59. The number of para-hydroxylation sites is 1. The van der Waals surface area contributed by atoms with Crippen LogP contribution in [-0.2, 0) is 6.54 Å². The second-order valence-electron chi connectivity index (χ2n) is 7.03. The summed E-state index contributed by atoms with van der Waals surface area (Å²) in [4.78, 5) is 36.7. The van der Waals surface area contributed by atoms with Crippen LogP contribution in [0.3, 0.4) is 0 Å². The second kappa shape index (κ2) is 8.24. The maximum absolute atomic E-state index is 13.6. The third-order valence-corrected chi connectivity index (χ3v) is 6.04. The summed E-state index contributed by atoms with van der Waals surface area (Å²) in [5.41, 5.74) is 1.05. The molecule has 0 radical (unpaired) electrons. The molecule has 32 heavy (non-hydrogen) atoms. The zero-order valence-corrected chi connectivity index (χ0v) is 17.8. The van der Waals surface area contributed by atoms with Crippen LogP contribution in [0.5, 0.6) is 5.75 Å². The average Bonchev–Trinajstić information content (AvgIpc) is 3.25. The topological polar surface area (TPSA) is 85.5 Å². The van der Waals surface area contributed by atoms with Gasteiger partial charge in [-0.1, -0.05) is 35.6 Å². The minimum atomic E-state index is -0.692. The summed E-state index contributed by atoms with van der Waals surface area (Å²) in [6.07, 6.45) is 1.66. The highest BCUT2D eigenvalue weighted by Crippen LogP contribution is 2.32. The first-order valence-electron chi connectivity index (χ1n) is 9.81. The van der Waals surface area contributed by atoms with Crippen LogP contribution >= 0.6 is 11.3 Å². The van der Waals surface area contributed by atoms with E-state index in [0.29, 0.717) is 33.1 Å². The van der Waals surface area contributed by atoms with Crippen LogP contribution in [0.15, 0.2) is 82.1 Å². The number of aromatic nitrogens is 2. The molecule has 0 unspecified atom stereocenters. The number of pyridine rings is 1. The minimum absolute atomic E-state index is 0.0588. The normalized spacial score (nSPS) is 11.0. The molecule has 2 aromatic carbocycles. The molecule has 0 spiro atoms. The fraction of sp³-hybridized carbons (Fsp3) is 0.0833. The van der Waals surface area contributed by atoms with Crippen LogP contribution in [0.1, 0.15) is 16.1 Å². The summed E-state index contributed by atoms with van der Waals surface area (Å²) in [6, 6.07) is 19.7. The molecule has 3 aromatic heterocycles. The number of hydrogen-bond acceptors (Lipinski definition) is 7. The average molecular weight is 443 g/mol. The number of anilines is 1. The van der Waals surface area contributed by atoms with Crippen molar-refractivity contribution >= 4 is 43.6 Å². The number of fused-ring (bicyclic) bond motifs is 2. The quantitative estimate of drug-likeness (QED) is 0.368. The highest BCUT2D eigenvalue weighted by Gasteiger charge is 2.25. The molecule has 8 heteroatoms. The van der Waals surface area contributed by atoms with Gasteiger partial charge in [0.05, 0.1) is 29.6 Å². The Morgan fingerprint density at radius 1 is 1.09 bits per heavy atom. The van der Waals surface area contributed by atoms with Crippen molar-refractivity contribution in [1.82, 2.24) is 9.97 Å². The number of hydrogen-bond donors (Lipinski definition) is 0. The monoisotopic (exact) mass is 443 g/mol. The predicted molar refractivity (Wildman–Crippen MR) is 123 cm³/mol. The van der Waals surface area contributed by atoms with Crippen LogP contribution in [0, 0.1) is 0 Å². The van der Waals surface area contributed by atoms with Crippen molar-refractivity contribution < 1.29 is 13.9 Å². The number of nitrogens with zero attached hydrogens (tertiary/aromatic N) is 3. The van der Waals surface area contributed by atoms with Crippen molar-refractivity contribution in [3.8, 4) is 5.75 Å². The smallest absolute Gasteiger partial charge is 0.349 e. The van der Waals surface area contributed by atoms with Crippen LogP contribution in [0.25, 0.3) is 21.2 Å². The summed E-state index contributed by atoms with van der Waals surface area (Å²) in [5.74, 6) is 0.174. The highest BCUT2D eigenvalue weighted by molar-refractivity contribution is 7.22. The second-order valence-corrected chi connectivity index (χ2v) is 8.04. The molecule has 5 aromatic rings. The molecule has 0 atom stereocenters. The number of amides is 1. The van der Waals surface area contributed by atoms with Gasteiger partial charge < -0.3 is 9.15 Å². The van der Waals surface area contributed by atoms with Crippen LogP contribution in [-0.4, -0.2) is 23.0 Å². The van der Waals surface area contributed by atoms with Gasteiger partial charge in [0.15, 0.2) is 5.13 Å². The lowest BCUT2D eigenvalue weighted by Crippen LogP contribution is -2.33. The Labute approximate surface area is 186 Å². The van der Waals surface area contributed by atoms with E-state index >= 15 is 0 Å². The summed E-state index contributed by atoms with van der Waals surface area (Å²) in [6.45, 7) is 0.156. The number of thiazole rings is 1. The van der Waals surface area contributed by atoms with E-state index in [-0.39, 0.29) is 12.1 Å². The zero-order valence-electron chi connectivity index (χ0n) is 17.0. The Morgan fingerprint density at radius 3 is 2.75 bits per heavy atom. The van der Waals surface area contributed by atoms with E-state index in [2.05, 4.69) is 9.97 Å². The molecule has 158 valence electrons. The van der Waals surface area contributed by atoms with Crippen molar-refractivity contribution in [2.24, 2.45) is 0 Å². The van der Waals surface area contributed by atoms with Crippen molar-refractivity contribution in [2.75, 3.05) is 12.0 Å². The van der Waals surface area contributed by atoms with Gasteiger partial charge >= 0.3 is 5.63 Å². The van der Waals surface area contributed by atoms with E-state index in [9.17, 15) is 9.59 Å². The third kappa shape index (κ3) is 3.72.